The summed E-state index contributed by atoms with van der Waals surface area (Å²) in [5, 5.41) is 10.6. The molecule has 1 saturated carbocycles. The molecule has 0 spiro atoms. The van der Waals surface area contributed by atoms with Gasteiger partial charge in [0.1, 0.15) is 35.0 Å². The van der Waals surface area contributed by atoms with Gasteiger partial charge in [-0.15, -0.1) is 0 Å². The second-order valence-electron chi connectivity index (χ2n) is 8.17. The Morgan fingerprint density at radius 1 is 1.40 bits per heavy atom. The van der Waals surface area contributed by atoms with Gasteiger partial charge in [0.2, 0.25) is 0 Å². The minimum absolute atomic E-state index is 0.153. The zero-order valence-electron chi connectivity index (χ0n) is 15.2. The van der Waals surface area contributed by atoms with Crippen molar-refractivity contribution >= 4 is 30.7 Å². The molecule has 134 valence electrons. The molecule has 1 fully saturated rings. The van der Waals surface area contributed by atoms with Gasteiger partial charge in [-0.05, 0) is 25.8 Å². The summed E-state index contributed by atoms with van der Waals surface area (Å²) in [6.45, 7) is 10.1. The van der Waals surface area contributed by atoms with Crippen LogP contribution in [0.5, 0.6) is 5.75 Å². The van der Waals surface area contributed by atoms with E-state index in [9.17, 15) is 5.26 Å². The highest BCUT2D eigenvalue weighted by molar-refractivity contribution is 6.76. The maximum absolute atomic E-state index is 9.52. The van der Waals surface area contributed by atoms with E-state index in [4.69, 9.17) is 21.1 Å². The molecular formula is C18H24ClN3O2Si. The fourth-order valence-corrected chi connectivity index (χ4v) is 3.51. The first-order chi connectivity index (χ1) is 11.7. The quantitative estimate of drug-likeness (QED) is 0.395. The zero-order valence-corrected chi connectivity index (χ0v) is 17.0. The maximum Gasteiger partial charge on any atom is 0.148 e. The normalized spacial score (nSPS) is 16.0. The van der Waals surface area contributed by atoms with Crippen molar-refractivity contribution in [2.75, 3.05) is 6.61 Å². The molecule has 0 unspecified atom stereocenters. The van der Waals surface area contributed by atoms with Gasteiger partial charge in [-0.25, -0.2) is 4.98 Å². The number of rotatable bonds is 7. The van der Waals surface area contributed by atoms with Crippen LogP contribution in [-0.2, 0) is 11.5 Å². The van der Waals surface area contributed by atoms with Crippen molar-refractivity contribution < 1.29 is 9.47 Å². The molecule has 0 atom stereocenters. The molecule has 2 aromatic heterocycles. The Morgan fingerprint density at radius 2 is 2.12 bits per heavy atom. The Hall–Kier alpha value is -1.55. The lowest BCUT2D eigenvalue weighted by Crippen LogP contribution is -2.22. The molecular weight excluding hydrogens is 354 g/mol. The van der Waals surface area contributed by atoms with Crippen LogP contribution in [0.4, 0.5) is 0 Å². The predicted octanol–water partition coefficient (Wildman–Crippen LogP) is 4.80. The number of hydrogen-bond donors (Lipinski definition) is 0. The lowest BCUT2D eigenvalue weighted by atomic mass is 10.2. The Labute approximate surface area is 154 Å². The molecule has 2 aromatic rings. The van der Waals surface area contributed by atoms with Crippen molar-refractivity contribution in [1.29, 1.82) is 5.26 Å². The fourth-order valence-electron chi connectivity index (χ4n) is 2.57. The minimum atomic E-state index is -1.13. The van der Waals surface area contributed by atoms with Crippen LogP contribution in [0.15, 0.2) is 12.3 Å². The molecule has 2 heterocycles. The Bertz CT molecular complexity index is 831. The summed E-state index contributed by atoms with van der Waals surface area (Å²) in [4.78, 5) is 4.41. The van der Waals surface area contributed by atoms with Crippen molar-refractivity contribution in [3.05, 3.63) is 23.0 Å². The van der Waals surface area contributed by atoms with Gasteiger partial charge >= 0.3 is 0 Å². The van der Waals surface area contributed by atoms with Crippen molar-refractivity contribution in [1.82, 2.24) is 9.55 Å². The van der Waals surface area contributed by atoms with Crippen LogP contribution in [0.2, 0.25) is 30.8 Å². The number of pyridine rings is 1. The number of nitriles is 1. The van der Waals surface area contributed by atoms with E-state index in [-0.39, 0.29) is 5.60 Å². The van der Waals surface area contributed by atoms with E-state index in [1.54, 1.807) is 12.3 Å². The largest absolute Gasteiger partial charge is 0.487 e. The van der Waals surface area contributed by atoms with Crippen molar-refractivity contribution in [2.24, 2.45) is 0 Å². The molecule has 5 nitrogen and oxygen atoms in total. The van der Waals surface area contributed by atoms with E-state index in [0.717, 1.165) is 18.9 Å². The van der Waals surface area contributed by atoms with Crippen molar-refractivity contribution in [3.63, 3.8) is 0 Å². The maximum atomic E-state index is 9.52. The van der Waals surface area contributed by atoms with Crippen molar-refractivity contribution in [2.45, 2.75) is 57.8 Å². The minimum Gasteiger partial charge on any atom is -0.487 e. The predicted molar refractivity (Wildman–Crippen MR) is 102 cm³/mol. The zero-order chi connectivity index (χ0) is 18.2. The molecule has 0 aromatic carbocycles. The highest BCUT2D eigenvalue weighted by Crippen LogP contribution is 2.42. The Balaban J connectivity index is 1.88. The van der Waals surface area contributed by atoms with Crippen LogP contribution in [-0.4, -0.2) is 29.8 Å². The lowest BCUT2D eigenvalue weighted by molar-refractivity contribution is 0.0898. The molecule has 0 N–H and O–H groups in total. The van der Waals surface area contributed by atoms with Crippen LogP contribution >= 0.6 is 11.6 Å². The number of hydrogen-bond acceptors (Lipinski definition) is 4. The summed E-state index contributed by atoms with van der Waals surface area (Å²) in [6.07, 6.45) is 3.79. The van der Waals surface area contributed by atoms with Gasteiger partial charge in [0.25, 0.3) is 0 Å². The summed E-state index contributed by atoms with van der Waals surface area (Å²) in [5.74, 6) is 0.632. The van der Waals surface area contributed by atoms with E-state index in [0.29, 0.717) is 40.8 Å². The molecule has 7 heteroatoms. The number of nitrogens with zero attached hydrogens (tertiary/aromatic N) is 3. The summed E-state index contributed by atoms with van der Waals surface area (Å²) >= 11 is 6.20. The summed E-state index contributed by atoms with van der Waals surface area (Å²) in [6, 6.07) is 5.03. The molecule has 0 saturated heterocycles. The Morgan fingerprint density at radius 3 is 2.72 bits per heavy atom. The number of halogens is 1. The van der Waals surface area contributed by atoms with Gasteiger partial charge in [0.15, 0.2) is 0 Å². The van der Waals surface area contributed by atoms with E-state index in [2.05, 4.69) is 37.6 Å². The summed E-state index contributed by atoms with van der Waals surface area (Å²) in [5.41, 5.74) is 1.02. The van der Waals surface area contributed by atoms with Gasteiger partial charge in [0, 0.05) is 26.9 Å². The van der Waals surface area contributed by atoms with Gasteiger partial charge in [-0.1, -0.05) is 31.2 Å². The average Bonchev–Trinajstić information content (AvgIpc) is 3.12. The summed E-state index contributed by atoms with van der Waals surface area (Å²) < 4.78 is 13.8. The molecule has 25 heavy (non-hydrogen) atoms. The topological polar surface area (TPSA) is 60.1 Å². The number of ether oxygens (including phenoxy) is 2. The SMILES string of the molecule is CC1(Oc2cc(Cl)nc3c2c(C#N)cn3COCC[Si](C)(C)C)CC1. The molecule has 0 bridgehead atoms. The van der Waals surface area contributed by atoms with Crippen LogP contribution in [0.1, 0.15) is 25.3 Å². The molecule has 1 aliphatic carbocycles. The smallest absolute Gasteiger partial charge is 0.148 e. The van der Waals surface area contributed by atoms with E-state index < -0.39 is 8.07 Å². The molecule has 3 rings (SSSR count). The number of fused-ring (bicyclic) bond motifs is 1. The Kier molecular flexibility index (Phi) is 4.84. The molecule has 0 amide bonds. The first kappa shape index (κ1) is 18.2. The van der Waals surface area contributed by atoms with Crippen LogP contribution in [0, 0.1) is 11.3 Å². The third kappa shape index (κ3) is 4.35. The van der Waals surface area contributed by atoms with E-state index in [1.807, 2.05) is 4.57 Å². The highest BCUT2D eigenvalue weighted by atomic mass is 35.5. The van der Waals surface area contributed by atoms with Gasteiger partial charge in [-0.2, -0.15) is 5.26 Å². The van der Waals surface area contributed by atoms with E-state index >= 15 is 0 Å². The van der Waals surface area contributed by atoms with Crippen molar-refractivity contribution in [3.8, 4) is 11.8 Å². The number of aromatic nitrogens is 2. The van der Waals surface area contributed by atoms with Gasteiger partial charge in [0.05, 0.1) is 10.9 Å². The van der Waals surface area contributed by atoms with Crippen LogP contribution in [0.3, 0.4) is 0 Å². The summed E-state index contributed by atoms with van der Waals surface area (Å²) in [7, 11) is -1.13. The fraction of sp³-hybridized carbons (Fsp3) is 0.556. The molecule has 0 aliphatic heterocycles. The monoisotopic (exact) mass is 377 g/mol. The van der Waals surface area contributed by atoms with Gasteiger partial charge in [-0.3, -0.25) is 0 Å². The second-order valence-corrected chi connectivity index (χ2v) is 14.2. The highest BCUT2D eigenvalue weighted by Gasteiger charge is 2.40. The first-order valence-corrected chi connectivity index (χ1v) is 12.7. The lowest BCUT2D eigenvalue weighted by Gasteiger charge is -2.16. The van der Waals surface area contributed by atoms with Crippen LogP contribution < -0.4 is 4.74 Å². The molecule has 1 aliphatic rings. The van der Waals surface area contributed by atoms with E-state index in [1.165, 1.54) is 0 Å². The second kappa shape index (κ2) is 6.64. The average molecular weight is 378 g/mol. The standard InChI is InChI=1S/C18H24ClN3O2Si/c1-18(5-6-18)24-14-9-15(19)21-17-16(14)13(10-20)11-22(17)12-23-7-8-25(2,3)4/h9,11H,5-8,12H2,1-4H3. The third-order valence-electron chi connectivity index (χ3n) is 4.42. The van der Waals surface area contributed by atoms with Gasteiger partial charge < -0.3 is 14.0 Å². The molecule has 0 radical (unpaired) electrons. The van der Waals surface area contributed by atoms with Crippen LogP contribution in [0.25, 0.3) is 11.0 Å². The first-order valence-electron chi connectivity index (χ1n) is 8.57. The third-order valence-corrected chi connectivity index (χ3v) is 6.31.